The van der Waals surface area contributed by atoms with E-state index in [-0.39, 0.29) is 6.04 Å². The number of hydrogen-bond acceptors (Lipinski definition) is 4. The lowest BCUT2D eigenvalue weighted by atomic mass is 10.0. The highest BCUT2D eigenvalue weighted by Gasteiger charge is 2.28. The van der Waals surface area contributed by atoms with Crippen molar-refractivity contribution in [3.63, 3.8) is 0 Å². The molecule has 0 aliphatic heterocycles. The minimum absolute atomic E-state index is 0.139. The van der Waals surface area contributed by atoms with Gasteiger partial charge in [-0.2, -0.15) is 0 Å². The van der Waals surface area contributed by atoms with Crippen LogP contribution in [0.2, 0.25) is 0 Å². The van der Waals surface area contributed by atoms with Gasteiger partial charge in [0.15, 0.2) is 0 Å². The summed E-state index contributed by atoms with van der Waals surface area (Å²) in [5.74, 6) is 3.22. The Morgan fingerprint density at radius 2 is 1.80 bits per heavy atom. The van der Waals surface area contributed by atoms with Crippen molar-refractivity contribution in [2.75, 3.05) is 27.3 Å². The number of nitrogens with one attached hydrogen (secondary N) is 1. The van der Waals surface area contributed by atoms with Crippen LogP contribution in [0.15, 0.2) is 18.2 Å². The lowest BCUT2D eigenvalue weighted by Crippen LogP contribution is -2.32. The van der Waals surface area contributed by atoms with Crippen molar-refractivity contribution in [1.29, 1.82) is 0 Å². The third-order valence-electron chi connectivity index (χ3n) is 4.12. The number of benzene rings is 1. The van der Waals surface area contributed by atoms with E-state index in [4.69, 9.17) is 15.2 Å². The normalized spacial score (nSPS) is 17.6. The maximum Gasteiger partial charge on any atom is 0.122 e. The van der Waals surface area contributed by atoms with Crippen molar-refractivity contribution < 1.29 is 9.47 Å². The quantitative estimate of drug-likeness (QED) is 0.766. The third kappa shape index (κ3) is 3.87. The third-order valence-corrected chi connectivity index (χ3v) is 4.12. The molecule has 0 heterocycles. The molecular weight excluding hydrogens is 252 g/mol. The number of ether oxygens (including phenoxy) is 2. The zero-order valence-corrected chi connectivity index (χ0v) is 12.7. The molecule has 2 rings (SSSR count). The summed E-state index contributed by atoms with van der Waals surface area (Å²) in [4.78, 5) is 0. The van der Waals surface area contributed by atoms with Crippen molar-refractivity contribution in [1.82, 2.24) is 5.32 Å². The summed E-state index contributed by atoms with van der Waals surface area (Å²) in [6, 6.07) is 6.06. The number of methoxy groups -OCH3 is 2. The van der Waals surface area contributed by atoms with Crippen LogP contribution in [0.3, 0.4) is 0 Å². The van der Waals surface area contributed by atoms with Gasteiger partial charge in [0.1, 0.15) is 11.5 Å². The summed E-state index contributed by atoms with van der Waals surface area (Å²) in [6.07, 6.45) is 2.76. The Balaban J connectivity index is 2.04. The molecule has 2 unspecified atom stereocenters. The van der Waals surface area contributed by atoms with Gasteiger partial charge in [0, 0.05) is 18.7 Å². The topological polar surface area (TPSA) is 56.5 Å². The molecule has 0 amide bonds. The Bertz CT molecular complexity index is 410. The molecule has 1 aromatic carbocycles. The largest absolute Gasteiger partial charge is 0.497 e. The van der Waals surface area contributed by atoms with E-state index < -0.39 is 0 Å². The Hall–Kier alpha value is -1.26. The summed E-state index contributed by atoms with van der Waals surface area (Å²) in [5.41, 5.74) is 7.04. The van der Waals surface area contributed by atoms with Crippen LogP contribution in [-0.4, -0.2) is 27.3 Å². The van der Waals surface area contributed by atoms with Gasteiger partial charge in [0.25, 0.3) is 0 Å². The highest BCUT2D eigenvalue weighted by atomic mass is 16.5. The Morgan fingerprint density at radius 3 is 2.25 bits per heavy atom. The summed E-state index contributed by atoms with van der Waals surface area (Å²) >= 11 is 0. The van der Waals surface area contributed by atoms with Crippen molar-refractivity contribution in [3.05, 3.63) is 23.8 Å². The smallest absolute Gasteiger partial charge is 0.122 e. The van der Waals surface area contributed by atoms with Gasteiger partial charge in [0.2, 0.25) is 0 Å². The van der Waals surface area contributed by atoms with E-state index in [1.807, 2.05) is 18.2 Å². The van der Waals surface area contributed by atoms with Crippen molar-refractivity contribution in [2.24, 2.45) is 17.6 Å². The minimum atomic E-state index is 0.139. The second-order valence-corrected chi connectivity index (χ2v) is 5.66. The molecule has 1 aromatic rings. The zero-order valence-electron chi connectivity index (χ0n) is 12.7. The van der Waals surface area contributed by atoms with Crippen LogP contribution < -0.4 is 20.5 Å². The van der Waals surface area contributed by atoms with Gasteiger partial charge in [-0.3, -0.25) is 0 Å². The molecule has 0 aromatic heterocycles. The van der Waals surface area contributed by atoms with Crippen molar-refractivity contribution in [2.45, 2.75) is 25.8 Å². The molecule has 2 atom stereocenters. The van der Waals surface area contributed by atoms with Crippen LogP contribution in [0.5, 0.6) is 11.5 Å². The average molecular weight is 278 g/mol. The molecule has 4 heteroatoms. The minimum Gasteiger partial charge on any atom is -0.497 e. The van der Waals surface area contributed by atoms with E-state index in [0.717, 1.165) is 35.4 Å². The highest BCUT2D eigenvalue weighted by Crippen LogP contribution is 2.36. The molecule has 1 aliphatic carbocycles. The van der Waals surface area contributed by atoms with E-state index >= 15 is 0 Å². The van der Waals surface area contributed by atoms with Gasteiger partial charge in [0.05, 0.1) is 14.2 Å². The molecule has 0 spiro atoms. The van der Waals surface area contributed by atoms with Gasteiger partial charge >= 0.3 is 0 Å². The monoisotopic (exact) mass is 278 g/mol. The number of hydrogen-bond donors (Lipinski definition) is 2. The van der Waals surface area contributed by atoms with Crippen LogP contribution in [-0.2, 0) is 0 Å². The predicted molar refractivity (Wildman–Crippen MR) is 81.2 cm³/mol. The average Bonchev–Trinajstić information content (AvgIpc) is 3.31. The molecule has 4 nitrogen and oxygen atoms in total. The van der Waals surface area contributed by atoms with Crippen molar-refractivity contribution >= 4 is 0 Å². The molecule has 1 saturated carbocycles. The molecule has 3 N–H and O–H groups in total. The Morgan fingerprint density at radius 1 is 1.20 bits per heavy atom. The lowest BCUT2D eigenvalue weighted by molar-refractivity contribution is 0.388. The second kappa shape index (κ2) is 6.95. The first-order valence-corrected chi connectivity index (χ1v) is 7.34. The summed E-state index contributed by atoms with van der Waals surface area (Å²) < 4.78 is 10.6. The van der Waals surface area contributed by atoms with Crippen LogP contribution in [0.4, 0.5) is 0 Å². The van der Waals surface area contributed by atoms with E-state index in [1.165, 1.54) is 12.8 Å². The second-order valence-electron chi connectivity index (χ2n) is 5.66. The van der Waals surface area contributed by atoms with Gasteiger partial charge in [-0.15, -0.1) is 0 Å². The molecule has 1 fully saturated rings. The fourth-order valence-electron chi connectivity index (χ4n) is 2.53. The van der Waals surface area contributed by atoms with Crippen LogP contribution in [0.25, 0.3) is 0 Å². The fourth-order valence-corrected chi connectivity index (χ4v) is 2.53. The first kappa shape index (κ1) is 15.1. The van der Waals surface area contributed by atoms with Gasteiger partial charge in [-0.1, -0.05) is 6.92 Å². The molecule has 112 valence electrons. The van der Waals surface area contributed by atoms with Gasteiger partial charge < -0.3 is 20.5 Å². The summed E-state index contributed by atoms with van der Waals surface area (Å²) in [5, 5.41) is 3.57. The molecule has 20 heavy (non-hydrogen) atoms. The van der Waals surface area contributed by atoms with Gasteiger partial charge in [-0.05, 0) is 48.9 Å². The van der Waals surface area contributed by atoms with E-state index in [0.29, 0.717) is 6.54 Å². The highest BCUT2D eigenvalue weighted by molar-refractivity contribution is 5.40. The van der Waals surface area contributed by atoms with Crippen LogP contribution >= 0.6 is 0 Å². The van der Waals surface area contributed by atoms with Gasteiger partial charge in [-0.25, -0.2) is 0 Å². The first-order chi connectivity index (χ1) is 9.67. The molecule has 1 aliphatic rings. The lowest BCUT2D eigenvalue weighted by Gasteiger charge is -2.21. The molecular formula is C16H26N2O2. The van der Waals surface area contributed by atoms with Crippen LogP contribution in [0, 0.1) is 11.8 Å². The Kier molecular flexibility index (Phi) is 5.26. The molecule has 0 saturated heterocycles. The Labute approximate surface area is 121 Å². The number of rotatable bonds is 8. The maximum atomic E-state index is 5.92. The SMILES string of the molecule is COc1cc(OC)cc(C(CN)NCC(C)C2CC2)c1. The summed E-state index contributed by atoms with van der Waals surface area (Å²) in [7, 11) is 3.33. The first-order valence-electron chi connectivity index (χ1n) is 7.34. The fraction of sp³-hybridized carbons (Fsp3) is 0.625. The maximum absolute atomic E-state index is 5.92. The molecule has 0 bridgehead atoms. The van der Waals surface area contributed by atoms with E-state index in [2.05, 4.69) is 12.2 Å². The summed E-state index contributed by atoms with van der Waals surface area (Å²) in [6.45, 7) is 3.88. The zero-order chi connectivity index (χ0) is 14.5. The van der Waals surface area contributed by atoms with Crippen LogP contribution in [0.1, 0.15) is 31.4 Å². The predicted octanol–water partition coefficient (Wildman–Crippen LogP) is 2.34. The molecule has 0 radical (unpaired) electrons. The van der Waals surface area contributed by atoms with E-state index in [9.17, 15) is 0 Å². The number of nitrogens with two attached hydrogens (primary N) is 1. The van der Waals surface area contributed by atoms with Crippen molar-refractivity contribution in [3.8, 4) is 11.5 Å². The van der Waals surface area contributed by atoms with E-state index in [1.54, 1.807) is 14.2 Å². The standard InChI is InChI=1S/C16H26N2O2/c1-11(12-4-5-12)10-18-16(9-17)13-6-14(19-2)8-15(7-13)20-3/h6-8,11-12,16,18H,4-5,9-10,17H2,1-3H3.